The number of carbonyl (C=O) groups is 1. The van der Waals surface area contributed by atoms with E-state index in [1.54, 1.807) is 12.1 Å². The number of fused-ring (bicyclic) bond motifs is 1. The van der Waals surface area contributed by atoms with Gasteiger partial charge in [-0.25, -0.2) is 13.8 Å². The molecule has 0 radical (unpaired) electrons. The number of amides is 1. The molecule has 0 unspecified atom stereocenters. The van der Waals surface area contributed by atoms with E-state index in [-0.39, 0.29) is 11.9 Å². The maximum absolute atomic E-state index is 12.4. The minimum Gasteiger partial charge on any atom is -0.464 e. The van der Waals surface area contributed by atoms with E-state index in [1.165, 1.54) is 11.3 Å². The van der Waals surface area contributed by atoms with E-state index < -0.39 is 13.0 Å². The Morgan fingerprint density at radius 1 is 1.26 bits per heavy atom. The molecule has 1 N–H and O–H groups in total. The van der Waals surface area contributed by atoms with Gasteiger partial charge in [0.05, 0.1) is 23.7 Å². The van der Waals surface area contributed by atoms with Crippen LogP contribution in [0.4, 0.5) is 8.78 Å². The summed E-state index contributed by atoms with van der Waals surface area (Å²) in [4.78, 5) is 20.3. The molecule has 0 saturated heterocycles. The molecule has 4 rings (SSSR count). The number of nitriles is 1. The van der Waals surface area contributed by atoms with Gasteiger partial charge in [0.1, 0.15) is 0 Å². The van der Waals surface area contributed by atoms with E-state index in [0.29, 0.717) is 23.1 Å². The summed E-state index contributed by atoms with van der Waals surface area (Å²) >= 11 is 1.39. The van der Waals surface area contributed by atoms with Crippen LogP contribution >= 0.6 is 11.3 Å². The van der Waals surface area contributed by atoms with Crippen LogP contribution in [0.3, 0.4) is 0 Å². The van der Waals surface area contributed by atoms with Gasteiger partial charge in [0.25, 0.3) is 11.6 Å². The summed E-state index contributed by atoms with van der Waals surface area (Å²) in [5.74, 6) is 0.700. The normalized spacial score (nSPS) is 20.5. The molecule has 1 fully saturated rings. The molecule has 1 aromatic carbocycles. The zero-order valence-corrected chi connectivity index (χ0v) is 20.0. The van der Waals surface area contributed by atoms with Gasteiger partial charge in [0.15, 0.2) is 6.61 Å². The summed E-state index contributed by atoms with van der Waals surface area (Å²) in [6, 6.07) is 9.48. The van der Waals surface area contributed by atoms with Crippen LogP contribution in [0, 0.1) is 17.2 Å². The SMILES string of the molecule is N#Cc1ccc(CC(=O)N[C@H]2CC[C@H](CCN3CCc4sc(OCC(F)F)nc4C3)CC2)cc1. The van der Waals surface area contributed by atoms with E-state index in [4.69, 9.17) is 10.00 Å². The highest BCUT2D eigenvalue weighted by Crippen LogP contribution is 2.31. The molecule has 0 spiro atoms. The van der Waals surface area contributed by atoms with Gasteiger partial charge in [-0.05, 0) is 68.7 Å². The Hall–Kier alpha value is -2.57. The highest BCUT2D eigenvalue weighted by Gasteiger charge is 2.25. The van der Waals surface area contributed by atoms with Gasteiger partial charge in [-0.15, -0.1) is 0 Å². The number of aromatic nitrogens is 1. The third-order valence-electron chi connectivity index (χ3n) is 6.63. The van der Waals surface area contributed by atoms with E-state index in [0.717, 1.165) is 74.3 Å². The number of rotatable bonds is 9. The van der Waals surface area contributed by atoms with Crippen LogP contribution in [0.1, 0.15) is 53.8 Å². The molecule has 1 amide bonds. The maximum Gasteiger partial charge on any atom is 0.273 e. The van der Waals surface area contributed by atoms with Crippen molar-refractivity contribution >= 4 is 17.2 Å². The third kappa shape index (κ3) is 6.97. The highest BCUT2D eigenvalue weighted by molar-refractivity contribution is 7.13. The summed E-state index contributed by atoms with van der Waals surface area (Å²) in [5.41, 5.74) is 2.49. The van der Waals surface area contributed by atoms with E-state index in [1.807, 2.05) is 12.1 Å². The van der Waals surface area contributed by atoms with Gasteiger partial charge in [-0.1, -0.05) is 23.5 Å². The molecule has 1 aliphatic heterocycles. The standard InChI is InChI=1S/C25H30F2N4O2S/c26-23(27)16-33-25-30-21-15-31(12-10-22(21)34-25)11-9-17-5-7-20(8-6-17)29-24(32)13-18-1-3-19(14-28)4-2-18/h1-4,17,20,23H,5-13,15-16H2,(H,29,32)/t17-,20-. The number of nitrogens with zero attached hydrogens (tertiary/aromatic N) is 3. The number of halogens is 2. The molecule has 2 aromatic rings. The van der Waals surface area contributed by atoms with Gasteiger partial charge in [-0.3, -0.25) is 9.69 Å². The van der Waals surface area contributed by atoms with Crippen molar-refractivity contribution in [2.24, 2.45) is 5.92 Å². The Bertz CT molecular complexity index is 997. The fourth-order valence-corrected chi connectivity index (χ4v) is 5.65. The first-order valence-corrected chi connectivity index (χ1v) is 12.7. The summed E-state index contributed by atoms with van der Waals surface area (Å²) in [6.07, 6.45) is 4.11. The monoisotopic (exact) mass is 488 g/mol. The zero-order chi connectivity index (χ0) is 23.9. The predicted molar refractivity (Wildman–Crippen MR) is 126 cm³/mol. The van der Waals surface area contributed by atoms with Gasteiger partial charge in [0.2, 0.25) is 5.91 Å². The minimum atomic E-state index is -2.48. The molecule has 182 valence electrons. The van der Waals surface area contributed by atoms with Crippen LogP contribution < -0.4 is 10.1 Å². The Labute approximate surface area is 202 Å². The summed E-state index contributed by atoms with van der Waals surface area (Å²) in [6.45, 7) is 2.12. The van der Waals surface area contributed by atoms with Crippen molar-refractivity contribution in [2.75, 3.05) is 19.7 Å². The lowest BCUT2D eigenvalue weighted by Gasteiger charge is -2.32. The average Bonchev–Trinajstić information content (AvgIpc) is 3.25. The van der Waals surface area contributed by atoms with Crippen molar-refractivity contribution in [1.82, 2.24) is 15.2 Å². The van der Waals surface area contributed by atoms with Gasteiger partial charge >= 0.3 is 0 Å². The number of hydrogen-bond donors (Lipinski definition) is 1. The van der Waals surface area contributed by atoms with Crippen molar-refractivity contribution < 1.29 is 18.3 Å². The summed E-state index contributed by atoms with van der Waals surface area (Å²) in [7, 11) is 0. The topological polar surface area (TPSA) is 78.2 Å². The zero-order valence-electron chi connectivity index (χ0n) is 19.1. The third-order valence-corrected chi connectivity index (χ3v) is 7.70. The quantitative estimate of drug-likeness (QED) is 0.569. The Kier molecular flexibility index (Phi) is 8.46. The molecule has 2 aliphatic rings. The van der Waals surface area contributed by atoms with Crippen molar-refractivity contribution in [1.29, 1.82) is 5.26 Å². The van der Waals surface area contributed by atoms with Crippen LogP contribution in [0.5, 0.6) is 5.19 Å². The fourth-order valence-electron chi connectivity index (χ4n) is 4.74. The number of carbonyl (C=O) groups excluding carboxylic acids is 1. The smallest absolute Gasteiger partial charge is 0.273 e. The number of ether oxygens (including phenoxy) is 1. The van der Waals surface area contributed by atoms with Crippen molar-refractivity contribution in [2.45, 2.75) is 64.0 Å². The predicted octanol–water partition coefficient (Wildman–Crippen LogP) is 4.32. The Morgan fingerprint density at radius 2 is 2.03 bits per heavy atom. The molecule has 9 heteroatoms. The second-order valence-electron chi connectivity index (χ2n) is 9.14. The lowest BCUT2D eigenvalue weighted by atomic mass is 9.84. The largest absolute Gasteiger partial charge is 0.464 e. The number of alkyl halides is 2. The van der Waals surface area contributed by atoms with Gasteiger partial charge in [-0.2, -0.15) is 5.26 Å². The van der Waals surface area contributed by atoms with Crippen LogP contribution in [-0.4, -0.2) is 48.0 Å². The first-order chi connectivity index (χ1) is 16.5. The summed E-state index contributed by atoms with van der Waals surface area (Å²) < 4.78 is 29.8. The van der Waals surface area contributed by atoms with Crippen molar-refractivity contribution in [3.63, 3.8) is 0 Å². The molecule has 1 saturated carbocycles. The van der Waals surface area contributed by atoms with Crippen molar-refractivity contribution in [3.05, 3.63) is 46.0 Å². The molecule has 2 heterocycles. The Morgan fingerprint density at radius 3 is 2.74 bits per heavy atom. The lowest BCUT2D eigenvalue weighted by Crippen LogP contribution is -2.39. The first-order valence-electron chi connectivity index (χ1n) is 11.9. The lowest BCUT2D eigenvalue weighted by molar-refractivity contribution is -0.121. The molecule has 34 heavy (non-hydrogen) atoms. The maximum atomic E-state index is 12.4. The van der Waals surface area contributed by atoms with Crippen molar-refractivity contribution in [3.8, 4) is 11.3 Å². The number of hydrogen-bond acceptors (Lipinski definition) is 6. The molecule has 1 aromatic heterocycles. The Balaban J connectivity index is 1.14. The van der Waals surface area contributed by atoms with E-state index in [9.17, 15) is 13.6 Å². The molecular formula is C25H30F2N4O2S. The first kappa shape index (κ1) is 24.6. The minimum absolute atomic E-state index is 0.0393. The number of benzene rings is 1. The van der Waals surface area contributed by atoms with Crippen LogP contribution in [0.2, 0.25) is 0 Å². The molecule has 0 atom stereocenters. The second-order valence-corrected chi connectivity index (χ2v) is 10.2. The number of thiazole rings is 1. The fraction of sp³-hybridized carbons (Fsp3) is 0.560. The molecular weight excluding hydrogens is 458 g/mol. The molecule has 0 bridgehead atoms. The second kappa shape index (κ2) is 11.7. The summed E-state index contributed by atoms with van der Waals surface area (Å²) in [5, 5.41) is 12.4. The van der Waals surface area contributed by atoms with E-state index in [2.05, 4.69) is 21.3 Å². The molecule has 1 aliphatic carbocycles. The van der Waals surface area contributed by atoms with Crippen LogP contribution in [-0.2, 0) is 24.2 Å². The number of nitrogens with one attached hydrogen (secondary N) is 1. The van der Waals surface area contributed by atoms with Crippen LogP contribution in [0.25, 0.3) is 0 Å². The van der Waals surface area contributed by atoms with Gasteiger partial charge in [0, 0.05) is 24.0 Å². The average molecular weight is 489 g/mol. The van der Waals surface area contributed by atoms with Gasteiger partial charge < -0.3 is 10.1 Å². The highest BCUT2D eigenvalue weighted by atomic mass is 32.1. The molecule has 6 nitrogen and oxygen atoms in total. The van der Waals surface area contributed by atoms with E-state index >= 15 is 0 Å². The van der Waals surface area contributed by atoms with Crippen LogP contribution in [0.15, 0.2) is 24.3 Å².